The van der Waals surface area contributed by atoms with Crippen molar-refractivity contribution in [3.8, 4) is 5.69 Å². The number of rotatable bonds is 1. The van der Waals surface area contributed by atoms with Gasteiger partial charge in [0, 0.05) is 17.3 Å². The molecular formula is C18H19N. The first-order chi connectivity index (χ1) is 9.05. The summed E-state index contributed by atoms with van der Waals surface area (Å²) in [6.07, 6.45) is 2.15. The van der Waals surface area contributed by atoms with E-state index in [2.05, 4.69) is 80.1 Å². The number of nitrogens with zero attached hydrogens (tertiary/aromatic N) is 1. The van der Waals surface area contributed by atoms with E-state index in [1.165, 1.54) is 22.2 Å². The molecule has 3 rings (SSSR count). The summed E-state index contributed by atoms with van der Waals surface area (Å²) in [5.74, 6) is 0. The summed E-state index contributed by atoms with van der Waals surface area (Å²) in [6.45, 7) is 6.76. The number of hydrogen-bond acceptors (Lipinski definition) is 0. The zero-order valence-corrected chi connectivity index (χ0v) is 11.7. The minimum Gasteiger partial charge on any atom is -0.317 e. The van der Waals surface area contributed by atoms with E-state index in [9.17, 15) is 0 Å². The van der Waals surface area contributed by atoms with E-state index in [1.807, 2.05) is 6.07 Å². The van der Waals surface area contributed by atoms with Crippen molar-refractivity contribution in [3.05, 3.63) is 66.4 Å². The van der Waals surface area contributed by atoms with Crippen molar-refractivity contribution in [1.29, 1.82) is 0 Å². The van der Waals surface area contributed by atoms with Crippen molar-refractivity contribution < 1.29 is 0 Å². The first-order valence-electron chi connectivity index (χ1n) is 6.73. The molecule has 0 radical (unpaired) electrons. The molecule has 0 saturated carbocycles. The van der Waals surface area contributed by atoms with Crippen LogP contribution in [-0.2, 0) is 5.41 Å². The lowest BCUT2D eigenvalue weighted by Crippen LogP contribution is -2.10. The van der Waals surface area contributed by atoms with E-state index in [0.717, 1.165) is 0 Å². The SMILES string of the molecule is CC(C)(C)c1ccc2c(ccn2-c2ccccc2)c1. The van der Waals surface area contributed by atoms with Gasteiger partial charge < -0.3 is 4.57 Å². The van der Waals surface area contributed by atoms with Crippen molar-refractivity contribution in [3.63, 3.8) is 0 Å². The first-order valence-corrected chi connectivity index (χ1v) is 6.73. The van der Waals surface area contributed by atoms with Crippen LogP contribution in [-0.4, -0.2) is 4.57 Å². The van der Waals surface area contributed by atoms with Crippen LogP contribution < -0.4 is 0 Å². The van der Waals surface area contributed by atoms with Gasteiger partial charge in [0.1, 0.15) is 0 Å². The number of benzene rings is 2. The standard InChI is InChI=1S/C18H19N/c1-18(2,3)15-9-10-17-14(13-15)11-12-19(17)16-7-5-4-6-8-16/h4-13H,1-3H3. The van der Waals surface area contributed by atoms with E-state index in [0.29, 0.717) is 0 Å². The molecule has 0 aliphatic heterocycles. The molecule has 2 aromatic carbocycles. The maximum Gasteiger partial charge on any atom is 0.0528 e. The van der Waals surface area contributed by atoms with Crippen LogP contribution >= 0.6 is 0 Å². The minimum atomic E-state index is 0.197. The fraction of sp³-hybridized carbons (Fsp3) is 0.222. The van der Waals surface area contributed by atoms with E-state index in [-0.39, 0.29) is 5.41 Å². The Labute approximate surface area is 114 Å². The molecule has 0 saturated heterocycles. The smallest absolute Gasteiger partial charge is 0.0528 e. The Morgan fingerprint density at radius 2 is 1.58 bits per heavy atom. The lowest BCUT2D eigenvalue weighted by molar-refractivity contribution is 0.591. The summed E-state index contributed by atoms with van der Waals surface area (Å²) >= 11 is 0. The van der Waals surface area contributed by atoms with Gasteiger partial charge in [-0.3, -0.25) is 0 Å². The van der Waals surface area contributed by atoms with Crippen LogP contribution in [0.4, 0.5) is 0 Å². The summed E-state index contributed by atoms with van der Waals surface area (Å²) < 4.78 is 2.24. The van der Waals surface area contributed by atoms with Gasteiger partial charge in [0.25, 0.3) is 0 Å². The molecule has 1 heterocycles. The molecule has 0 amide bonds. The quantitative estimate of drug-likeness (QED) is 0.576. The number of aromatic nitrogens is 1. The Morgan fingerprint density at radius 3 is 2.26 bits per heavy atom. The molecule has 0 aliphatic rings. The molecule has 19 heavy (non-hydrogen) atoms. The summed E-state index contributed by atoms with van der Waals surface area (Å²) in [5.41, 5.74) is 4.05. The Balaban J connectivity index is 2.16. The third-order valence-corrected chi connectivity index (χ3v) is 3.59. The molecule has 0 fully saturated rings. The van der Waals surface area contributed by atoms with Crippen LogP contribution in [0.3, 0.4) is 0 Å². The molecule has 96 valence electrons. The zero-order valence-electron chi connectivity index (χ0n) is 11.7. The highest BCUT2D eigenvalue weighted by molar-refractivity contribution is 5.83. The van der Waals surface area contributed by atoms with Crippen LogP contribution in [0, 0.1) is 0 Å². The molecule has 3 aromatic rings. The van der Waals surface area contributed by atoms with E-state index in [1.54, 1.807) is 0 Å². The summed E-state index contributed by atoms with van der Waals surface area (Å²) in [6, 6.07) is 19.4. The molecule has 0 unspecified atom stereocenters. The van der Waals surface area contributed by atoms with Crippen molar-refractivity contribution in [2.24, 2.45) is 0 Å². The monoisotopic (exact) mass is 249 g/mol. The van der Waals surface area contributed by atoms with Crippen molar-refractivity contribution in [2.75, 3.05) is 0 Å². The Kier molecular flexibility index (Phi) is 2.70. The van der Waals surface area contributed by atoms with Gasteiger partial charge >= 0.3 is 0 Å². The summed E-state index contributed by atoms with van der Waals surface area (Å²) in [5, 5.41) is 1.30. The third kappa shape index (κ3) is 2.17. The molecular weight excluding hydrogens is 230 g/mol. The molecule has 0 spiro atoms. The van der Waals surface area contributed by atoms with Crippen molar-refractivity contribution in [1.82, 2.24) is 4.57 Å². The number of hydrogen-bond donors (Lipinski definition) is 0. The third-order valence-electron chi connectivity index (χ3n) is 3.59. The van der Waals surface area contributed by atoms with Gasteiger partial charge in [-0.15, -0.1) is 0 Å². The molecule has 1 heteroatoms. The second-order valence-corrected chi connectivity index (χ2v) is 6.04. The van der Waals surface area contributed by atoms with Gasteiger partial charge in [0.15, 0.2) is 0 Å². The molecule has 0 N–H and O–H groups in total. The highest BCUT2D eigenvalue weighted by atomic mass is 15.0. The maximum atomic E-state index is 2.30. The maximum absolute atomic E-state index is 2.30. The van der Waals surface area contributed by atoms with Gasteiger partial charge in [-0.25, -0.2) is 0 Å². The largest absolute Gasteiger partial charge is 0.317 e. The first kappa shape index (κ1) is 12.0. The van der Waals surface area contributed by atoms with Crippen LogP contribution in [0.25, 0.3) is 16.6 Å². The molecule has 0 aliphatic carbocycles. The van der Waals surface area contributed by atoms with Crippen LogP contribution in [0.5, 0.6) is 0 Å². The average Bonchev–Trinajstić information content (AvgIpc) is 2.81. The van der Waals surface area contributed by atoms with Crippen LogP contribution in [0.2, 0.25) is 0 Å². The second kappa shape index (κ2) is 4.27. The lowest BCUT2D eigenvalue weighted by Gasteiger charge is -2.19. The highest BCUT2D eigenvalue weighted by Gasteiger charge is 2.14. The van der Waals surface area contributed by atoms with E-state index in [4.69, 9.17) is 0 Å². The van der Waals surface area contributed by atoms with Gasteiger partial charge in [-0.05, 0) is 41.3 Å². The fourth-order valence-electron chi connectivity index (χ4n) is 2.42. The van der Waals surface area contributed by atoms with Gasteiger partial charge in [-0.1, -0.05) is 45.0 Å². The molecule has 1 aromatic heterocycles. The van der Waals surface area contributed by atoms with E-state index < -0.39 is 0 Å². The highest BCUT2D eigenvalue weighted by Crippen LogP contribution is 2.27. The zero-order chi connectivity index (χ0) is 13.5. The second-order valence-electron chi connectivity index (χ2n) is 6.04. The van der Waals surface area contributed by atoms with Crippen LogP contribution in [0.1, 0.15) is 26.3 Å². The predicted molar refractivity (Wildman–Crippen MR) is 82.0 cm³/mol. The van der Waals surface area contributed by atoms with Crippen molar-refractivity contribution >= 4 is 10.9 Å². The fourth-order valence-corrected chi connectivity index (χ4v) is 2.42. The summed E-state index contributed by atoms with van der Waals surface area (Å²) in [4.78, 5) is 0. The van der Waals surface area contributed by atoms with Gasteiger partial charge in [-0.2, -0.15) is 0 Å². The Bertz CT molecular complexity index is 699. The number of para-hydroxylation sites is 1. The topological polar surface area (TPSA) is 4.93 Å². The predicted octanol–water partition coefficient (Wildman–Crippen LogP) is 4.93. The Hall–Kier alpha value is -2.02. The van der Waals surface area contributed by atoms with Gasteiger partial charge in [0.2, 0.25) is 0 Å². The lowest BCUT2D eigenvalue weighted by atomic mass is 9.86. The molecule has 0 atom stereocenters. The average molecular weight is 249 g/mol. The van der Waals surface area contributed by atoms with Crippen LogP contribution in [0.15, 0.2) is 60.8 Å². The Morgan fingerprint density at radius 1 is 0.842 bits per heavy atom. The summed E-state index contributed by atoms with van der Waals surface area (Å²) in [7, 11) is 0. The van der Waals surface area contributed by atoms with E-state index >= 15 is 0 Å². The minimum absolute atomic E-state index is 0.197. The normalized spacial score (nSPS) is 11.9. The van der Waals surface area contributed by atoms with Gasteiger partial charge in [0.05, 0.1) is 5.52 Å². The molecule has 0 bridgehead atoms. The number of fused-ring (bicyclic) bond motifs is 1. The van der Waals surface area contributed by atoms with Crippen molar-refractivity contribution in [2.45, 2.75) is 26.2 Å². The molecule has 1 nitrogen and oxygen atoms in total.